The first-order chi connectivity index (χ1) is 8.16. The first-order valence-electron chi connectivity index (χ1n) is 5.09. The maximum atomic E-state index is 11.8. The van der Waals surface area contributed by atoms with Crippen LogP contribution in [0.4, 0.5) is 5.95 Å². The molecule has 0 unspecified atom stereocenters. The van der Waals surface area contributed by atoms with E-state index in [0.29, 0.717) is 5.56 Å². The van der Waals surface area contributed by atoms with Gasteiger partial charge in [0.25, 0.3) is 5.56 Å². The number of anilines is 1. The van der Waals surface area contributed by atoms with Crippen molar-refractivity contribution in [1.29, 1.82) is 0 Å². The normalized spacial score (nSPS) is 9.94. The number of hydrogen-bond acceptors (Lipinski definition) is 3. The first kappa shape index (κ1) is 11.1. The molecule has 1 heterocycles. The van der Waals surface area contributed by atoms with Crippen molar-refractivity contribution in [2.75, 3.05) is 5.32 Å². The lowest BCUT2D eigenvalue weighted by Gasteiger charge is -2.03. The second kappa shape index (κ2) is 4.61. The number of nitrogens with one attached hydrogen (secondary N) is 2. The topological polar surface area (TPSA) is 74.8 Å². The molecule has 17 heavy (non-hydrogen) atoms. The summed E-state index contributed by atoms with van der Waals surface area (Å²) in [5.41, 5.74) is 0.977. The van der Waals surface area contributed by atoms with Crippen LogP contribution in [0.1, 0.15) is 6.92 Å². The van der Waals surface area contributed by atoms with E-state index in [4.69, 9.17) is 0 Å². The Kier molecular flexibility index (Phi) is 3.00. The summed E-state index contributed by atoms with van der Waals surface area (Å²) in [5, 5.41) is 2.42. The second-order valence-electron chi connectivity index (χ2n) is 3.52. The zero-order valence-corrected chi connectivity index (χ0v) is 9.23. The van der Waals surface area contributed by atoms with Gasteiger partial charge in [0.15, 0.2) is 0 Å². The Balaban J connectivity index is 2.39. The zero-order chi connectivity index (χ0) is 12.3. The molecule has 2 aromatic rings. The van der Waals surface area contributed by atoms with E-state index >= 15 is 0 Å². The van der Waals surface area contributed by atoms with Gasteiger partial charge in [-0.25, -0.2) is 4.98 Å². The molecule has 2 rings (SSSR count). The quantitative estimate of drug-likeness (QED) is 0.817. The van der Waals surface area contributed by atoms with Crippen molar-refractivity contribution in [3.8, 4) is 11.1 Å². The second-order valence-corrected chi connectivity index (χ2v) is 3.52. The van der Waals surface area contributed by atoms with E-state index in [0.717, 1.165) is 5.56 Å². The number of benzene rings is 1. The highest BCUT2D eigenvalue weighted by molar-refractivity contribution is 5.86. The van der Waals surface area contributed by atoms with Crippen molar-refractivity contribution in [1.82, 2.24) is 9.97 Å². The van der Waals surface area contributed by atoms with Crippen LogP contribution in [0.3, 0.4) is 0 Å². The van der Waals surface area contributed by atoms with Crippen molar-refractivity contribution in [3.63, 3.8) is 0 Å². The molecule has 0 radical (unpaired) electrons. The van der Waals surface area contributed by atoms with Gasteiger partial charge >= 0.3 is 0 Å². The van der Waals surface area contributed by atoms with Crippen LogP contribution in [0.15, 0.2) is 41.3 Å². The largest absolute Gasteiger partial charge is 0.296 e. The molecule has 0 aliphatic heterocycles. The summed E-state index contributed by atoms with van der Waals surface area (Å²) in [6.45, 7) is 1.35. The Labute approximate surface area is 97.5 Å². The maximum absolute atomic E-state index is 11.8. The van der Waals surface area contributed by atoms with Crippen molar-refractivity contribution in [2.24, 2.45) is 0 Å². The lowest BCUT2D eigenvalue weighted by molar-refractivity contribution is -0.114. The number of carbonyl (C=O) groups excluding carboxylic acids is 1. The third-order valence-electron chi connectivity index (χ3n) is 2.18. The van der Waals surface area contributed by atoms with Crippen molar-refractivity contribution >= 4 is 11.9 Å². The summed E-state index contributed by atoms with van der Waals surface area (Å²) in [5.74, 6) is -0.122. The molecule has 0 aliphatic carbocycles. The zero-order valence-electron chi connectivity index (χ0n) is 9.23. The fourth-order valence-electron chi connectivity index (χ4n) is 1.45. The molecule has 0 atom stereocenters. The van der Waals surface area contributed by atoms with E-state index in [1.54, 1.807) is 0 Å². The SMILES string of the molecule is CC(=O)Nc1ncc(-c2ccccc2)c(=O)[nH]1. The molecule has 5 nitrogen and oxygen atoms in total. The molecular formula is C12H11N3O2. The van der Waals surface area contributed by atoms with Crippen LogP contribution >= 0.6 is 0 Å². The summed E-state index contributed by atoms with van der Waals surface area (Å²) in [7, 11) is 0. The van der Waals surface area contributed by atoms with E-state index in [9.17, 15) is 9.59 Å². The maximum Gasteiger partial charge on any atom is 0.260 e. The number of H-pyrrole nitrogens is 1. The molecule has 1 amide bonds. The smallest absolute Gasteiger partial charge is 0.260 e. The summed E-state index contributed by atoms with van der Waals surface area (Å²) in [6, 6.07) is 9.21. The highest BCUT2D eigenvalue weighted by Gasteiger charge is 2.05. The van der Waals surface area contributed by atoms with Crippen LogP contribution in [0.5, 0.6) is 0 Å². The van der Waals surface area contributed by atoms with Crippen molar-refractivity contribution in [2.45, 2.75) is 6.92 Å². The summed E-state index contributed by atoms with van der Waals surface area (Å²) < 4.78 is 0. The van der Waals surface area contributed by atoms with E-state index < -0.39 is 0 Å². The highest BCUT2D eigenvalue weighted by atomic mass is 16.1. The predicted molar refractivity (Wildman–Crippen MR) is 64.6 cm³/mol. The van der Waals surface area contributed by atoms with Crippen LogP contribution in [0, 0.1) is 0 Å². The summed E-state index contributed by atoms with van der Waals surface area (Å²) >= 11 is 0. The predicted octanol–water partition coefficient (Wildman–Crippen LogP) is 1.40. The molecule has 0 bridgehead atoms. The van der Waals surface area contributed by atoms with Gasteiger partial charge in [-0.15, -0.1) is 0 Å². The number of hydrogen-bond donors (Lipinski definition) is 2. The van der Waals surface area contributed by atoms with Gasteiger partial charge in [-0.3, -0.25) is 19.9 Å². The minimum absolute atomic E-state index is 0.155. The number of nitrogens with zero attached hydrogens (tertiary/aromatic N) is 1. The van der Waals surface area contributed by atoms with Crippen LogP contribution < -0.4 is 10.9 Å². The minimum atomic E-state index is -0.282. The Morgan fingerprint density at radius 1 is 1.29 bits per heavy atom. The molecule has 0 saturated heterocycles. The first-order valence-corrected chi connectivity index (χ1v) is 5.09. The third-order valence-corrected chi connectivity index (χ3v) is 2.18. The van der Waals surface area contributed by atoms with Crippen molar-refractivity contribution in [3.05, 3.63) is 46.9 Å². The molecule has 0 saturated carbocycles. The molecular weight excluding hydrogens is 218 g/mol. The van der Waals surface area contributed by atoms with Crippen molar-refractivity contribution < 1.29 is 4.79 Å². The molecule has 2 N–H and O–H groups in total. The van der Waals surface area contributed by atoms with Gasteiger partial charge in [-0.1, -0.05) is 30.3 Å². The summed E-state index contributed by atoms with van der Waals surface area (Å²) in [4.78, 5) is 29.1. The molecule has 0 aliphatic rings. The van der Waals surface area contributed by atoms with Crippen LogP contribution in [-0.4, -0.2) is 15.9 Å². The van der Waals surface area contributed by atoms with Gasteiger partial charge in [-0.05, 0) is 5.56 Å². The monoisotopic (exact) mass is 229 g/mol. The Bertz CT molecular complexity index is 590. The number of carbonyl (C=O) groups is 1. The lowest BCUT2D eigenvalue weighted by Crippen LogP contribution is -2.16. The fourth-order valence-corrected chi connectivity index (χ4v) is 1.45. The van der Waals surface area contributed by atoms with Gasteiger partial charge in [-0.2, -0.15) is 0 Å². The van der Waals surface area contributed by atoms with Gasteiger partial charge in [0.1, 0.15) is 0 Å². The molecule has 0 fully saturated rings. The van der Waals surface area contributed by atoms with Gasteiger partial charge in [0.05, 0.1) is 5.56 Å². The lowest BCUT2D eigenvalue weighted by atomic mass is 10.1. The average Bonchev–Trinajstić information content (AvgIpc) is 2.29. The Hall–Kier alpha value is -2.43. The molecule has 0 spiro atoms. The van der Waals surface area contributed by atoms with Crippen LogP contribution in [0.2, 0.25) is 0 Å². The fraction of sp³-hybridized carbons (Fsp3) is 0.0833. The Morgan fingerprint density at radius 2 is 2.00 bits per heavy atom. The number of rotatable bonds is 2. The number of aromatic amines is 1. The molecule has 86 valence electrons. The van der Waals surface area contributed by atoms with E-state index in [1.807, 2.05) is 30.3 Å². The molecule has 1 aromatic carbocycles. The number of amides is 1. The third kappa shape index (κ3) is 2.57. The van der Waals surface area contributed by atoms with Gasteiger partial charge in [0, 0.05) is 13.1 Å². The summed E-state index contributed by atoms with van der Waals surface area (Å²) in [6.07, 6.45) is 1.44. The van der Waals surface area contributed by atoms with Crippen LogP contribution in [0.25, 0.3) is 11.1 Å². The molecule has 1 aromatic heterocycles. The average molecular weight is 229 g/mol. The standard InChI is InChI=1S/C12H11N3O2/c1-8(16)14-12-13-7-10(11(17)15-12)9-5-3-2-4-6-9/h2-7H,1H3,(H2,13,14,15,16,17). The van der Waals surface area contributed by atoms with E-state index in [1.165, 1.54) is 13.1 Å². The van der Waals surface area contributed by atoms with E-state index in [2.05, 4.69) is 15.3 Å². The van der Waals surface area contributed by atoms with E-state index in [-0.39, 0.29) is 17.4 Å². The molecule has 5 heteroatoms. The highest BCUT2D eigenvalue weighted by Crippen LogP contribution is 2.13. The minimum Gasteiger partial charge on any atom is -0.296 e. The van der Waals surface area contributed by atoms with Crippen LogP contribution in [-0.2, 0) is 4.79 Å². The number of aromatic nitrogens is 2. The Morgan fingerprint density at radius 3 is 2.59 bits per heavy atom. The van der Waals surface area contributed by atoms with Gasteiger partial charge < -0.3 is 0 Å². The van der Waals surface area contributed by atoms with Gasteiger partial charge in [0.2, 0.25) is 11.9 Å².